The molecule has 0 aliphatic rings. The molecule has 0 radical (unpaired) electrons. The van der Waals surface area contributed by atoms with E-state index in [1.165, 1.54) is 11.0 Å². The van der Waals surface area contributed by atoms with Crippen LogP contribution in [0.5, 0.6) is 5.75 Å². The molecule has 0 saturated heterocycles. The van der Waals surface area contributed by atoms with Crippen LogP contribution in [0.2, 0.25) is 0 Å². The molecule has 0 aliphatic heterocycles. The Morgan fingerprint density at radius 2 is 1.82 bits per heavy atom. The van der Waals surface area contributed by atoms with E-state index in [0.29, 0.717) is 22.7 Å². The van der Waals surface area contributed by atoms with Gasteiger partial charge in [-0.2, -0.15) is 0 Å². The van der Waals surface area contributed by atoms with Gasteiger partial charge in [-0.1, -0.05) is 45.5 Å². The molecule has 3 aromatic rings. The number of aromatic nitrogens is 1. The maximum atomic E-state index is 13.7. The number of carbonyl (C=O) groups excluding carboxylic acids is 2. The average Bonchev–Trinajstić information content (AvgIpc) is 2.83. The van der Waals surface area contributed by atoms with Gasteiger partial charge in [-0.25, -0.2) is 0 Å². The van der Waals surface area contributed by atoms with Crippen molar-refractivity contribution in [3.63, 3.8) is 0 Å². The summed E-state index contributed by atoms with van der Waals surface area (Å²) in [6, 6.07) is 15.6. The predicted octanol–water partition coefficient (Wildman–Crippen LogP) is 5.60. The summed E-state index contributed by atoms with van der Waals surface area (Å²) in [7, 11) is 1.59. The number of amides is 2. The summed E-state index contributed by atoms with van der Waals surface area (Å²) < 4.78 is 5.26. The highest BCUT2D eigenvalue weighted by atomic mass is 16.5. The van der Waals surface area contributed by atoms with Gasteiger partial charge in [-0.05, 0) is 65.9 Å². The number of benzene rings is 2. The van der Waals surface area contributed by atoms with Crippen molar-refractivity contribution in [2.75, 3.05) is 17.3 Å². The van der Waals surface area contributed by atoms with Gasteiger partial charge in [0.05, 0.1) is 7.11 Å². The lowest BCUT2D eigenvalue weighted by molar-refractivity contribution is -0.121. The summed E-state index contributed by atoms with van der Waals surface area (Å²) in [5.41, 5.74) is 3.73. The predicted molar refractivity (Wildman–Crippen MR) is 136 cm³/mol. The van der Waals surface area contributed by atoms with Crippen LogP contribution in [0.15, 0.2) is 79.6 Å². The Labute approximate surface area is 201 Å². The van der Waals surface area contributed by atoms with E-state index in [-0.39, 0.29) is 17.2 Å². The van der Waals surface area contributed by atoms with Crippen LogP contribution in [0.25, 0.3) is 0 Å². The SMILES string of the molecule is C=CC(=O)N(c1ccc(C(C)(C)C)cc1)C(C(=O)Nc1ccc(OC)cc1C)c1cccnc1. The largest absolute Gasteiger partial charge is 0.497 e. The summed E-state index contributed by atoms with van der Waals surface area (Å²) in [6.45, 7) is 11.9. The number of methoxy groups -OCH3 is 1. The van der Waals surface area contributed by atoms with Crippen molar-refractivity contribution in [1.29, 1.82) is 0 Å². The van der Waals surface area contributed by atoms with Gasteiger partial charge >= 0.3 is 0 Å². The Morgan fingerprint density at radius 1 is 1.12 bits per heavy atom. The third kappa shape index (κ3) is 5.52. The fourth-order valence-electron chi connectivity index (χ4n) is 3.68. The Bertz CT molecular complexity index is 1170. The van der Waals surface area contributed by atoms with Crippen molar-refractivity contribution in [2.24, 2.45) is 0 Å². The molecule has 1 heterocycles. The molecule has 6 nitrogen and oxygen atoms in total. The Kier molecular flexibility index (Phi) is 7.51. The van der Waals surface area contributed by atoms with Crippen LogP contribution in [0, 0.1) is 6.92 Å². The number of hydrogen-bond donors (Lipinski definition) is 1. The number of rotatable bonds is 7. The third-order valence-electron chi connectivity index (χ3n) is 5.62. The quantitative estimate of drug-likeness (QED) is 0.469. The lowest BCUT2D eigenvalue weighted by atomic mass is 9.87. The van der Waals surface area contributed by atoms with Crippen molar-refractivity contribution in [1.82, 2.24) is 4.98 Å². The molecular weight excluding hydrogens is 426 g/mol. The Morgan fingerprint density at radius 3 is 2.35 bits per heavy atom. The van der Waals surface area contributed by atoms with E-state index in [0.717, 1.165) is 11.1 Å². The second kappa shape index (κ2) is 10.3. The van der Waals surface area contributed by atoms with E-state index in [9.17, 15) is 9.59 Å². The van der Waals surface area contributed by atoms with Gasteiger partial charge in [-0.3, -0.25) is 19.5 Å². The van der Waals surface area contributed by atoms with Crippen molar-refractivity contribution in [2.45, 2.75) is 39.2 Å². The molecule has 0 fully saturated rings. The molecule has 1 unspecified atom stereocenters. The molecule has 1 atom stereocenters. The molecule has 2 aromatic carbocycles. The van der Waals surface area contributed by atoms with Gasteiger partial charge in [0, 0.05) is 29.3 Å². The maximum Gasteiger partial charge on any atom is 0.252 e. The molecular formula is C28H31N3O3. The number of hydrogen-bond acceptors (Lipinski definition) is 4. The first-order valence-electron chi connectivity index (χ1n) is 11.1. The number of ether oxygens (including phenoxy) is 1. The minimum absolute atomic E-state index is 0.0438. The Hall–Kier alpha value is -3.93. The topological polar surface area (TPSA) is 71.5 Å². The molecule has 2 amide bonds. The normalized spacial score (nSPS) is 11.9. The summed E-state index contributed by atoms with van der Waals surface area (Å²) in [4.78, 5) is 32.4. The summed E-state index contributed by atoms with van der Waals surface area (Å²) in [5, 5.41) is 2.97. The number of aryl methyl sites for hydroxylation is 1. The van der Waals surface area contributed by atoms with E-state index in [1.54, 1.807) is 43.8 Å². The fourth-order valence-corrected chi connectivity index (χ4v) is 3.68. The molecule has 6 heteroatoms. The molecule has 0 aliphatic carbocycles. The zero-order valence-corrected chi connectivity index (χ0v) is 20.3. The standard InChI is InChI=1S/C28H31N3O3/c1-7-25(32)31(22-12-10-21(11-13-22)28(3,4)5)26(20-9-8-16-29-18-20)27(33)30-24-15-14-23(34-6)17-19(24)2/h7-18,26H,1H2,2-6H3,(H,30,33). The smallest absolute Gasteiger partial charge is 0.252 e. The number of anilines is 2. The van der Waals surface area contributed by atoms with Crippen LogP contribution in [-0.4, -0.2) is 23.9 Å². The highest BCUT2D eigenvalue weighted by Crippen LogP contribution is 2.32. The van der Waals surface area contributed by atoms with Gasteiger partial charge < -0.3 is 10.1 Å². The minimum atomic E-state index is -0.957. The second-order valence-electron chi connectivity index (χ2n) is 9.07. The molecule has 1 N–H and O–H groups in total. The molecule has 0 bridgehead atoms. The number of nitrogens with one attached hydrogen (secondary N) is 1. The van der Waals surface area contributed by atoms with Gasteiger partial charge in [-0.15, -0.1) is 0 Å². The van der Waals surface area contributed by atoms with Crippen LogP contribution in [0.1, 0.15) is 43.5 Å². The number of carbonyl (C=O) groups is 2. The van der Waals surface area contributed by atoms with E-state index < -0.39 is 6.04 Å². The summed E-state index contributed by atoms with van der Waals surface area (Å²) >= 11 is 0. The van der Waals surface area contributed by atoms with E-state index in [4.69, 9.17) is 4.74 Å². The van der Waals surface area contributed by atoms with Gasteiger partial charge in [0.15, 0.2) is 0 Å². The molecule has 0 spiro atoms. The van der Waals surface area contributed by atoms with Crippen molar-refractivity contribution >= 4 is 23.2 Å². The maximum absolute atomic E-state index is 13.7. The number of nitrogens with zero attached hydrogens (tertiary/aromatic N) is 2. The van der Waals surface area contributed by atoms with Gasteiger partial charge in [0.1, 0.15) is 11.8 Å². The van der Waals surface area contributed by atoms with Crippen LogP contribution in [-0.2, 0) is 15.0 Å². The first-order valence-corrected chi connectivity index (χ1v) is 11.1. The molecule has 3 rings (SSSR count). The van der Waals surface area contributed by atoms with Crippen LogP contribution in [0.4, 0.5) is 11.4 Å². The van der Waals surface area contributed by atoms with Crippen molar-refractivity contribution in [3.8, 4) is 5.75 Å². The zero-order chi connectivity index (χ0) is 24.9. The number of pyridine rings is 1. The Balaban J connectivity index is 2.07. The average molecular weight is 458 g/mol. The lowest BCUT2D eigenvalue weighted by Crippen LogP contribution is -2.41. The molecule has 1 aromatic heterocycles. The third-order valence-corrected chi connectivity index (χ3v) is 5.62. The summed E-state index contributed by atoms with van der Waals surface area (Å²) in [5.74, 6) is -0.0583. The van der Waals surface area contributed by atoms with Crippen molar-refractivity contribution < 1.29 is 14.3 Å². The van der Waals surface area contributed by atoms with Gasteiger partial charge in [0.25, 0.3) is 11.8 Å². The van der Waals surface area contributed by atoms with Crippen LogP contribution in [0.3, 0.4) is 0 Å². The molecule has 34 heavy (non-hydrogen) atoms. The van der Waals surface area contributed by atoms with E-state index in [2.05, 4.69) is 37.7 Å². The second-order valence-corrected chi connectivity index (χ2v) is 9.07. The fraction of sp³-hybridized carbons (Fsp3) is 0.250. The minimum Gasteiger partial charge on any atom is -0.497 e. The van der Waals surface area contributed by atoms with Gasteiger partial charge in [0.2, 0.25) is 0 Å². The van der Waals surface area contributed by atoms with Crippen LogP contribution < -0.4 is 15.0 Å². The highest BCUT2D eigenvalue weighted by molar-refractivity contribution is 6.09. The first kappa shape index (κ1) is 24.7. The van der Waals surface area contributed by atoms with E-state index >= 15 is 0 Å². The molecule has 176 valence electrons. The summed E-state index contributed by atoms with van der Waals surface area (Å²) in [6.07, 6.45) is 4.44. The monoisotopic (exact) mass is 457 g/mol. The lowest BCUT2D eigenvalue weighted by Gasteiger charge is -2.31. The van der Waals surface area contributed by atoms with E-state index in [1.807, 2.05) is 37.3 Å². The highest BCUT2D eigenvalue weighted by Gasteiger charge is 2.32. The van der Waals surface area contributed by atoms with Crippen LogP contribution >= 0.6 is 0 Å². The van der Waals surface area contributed by atoms with Crippen molar-refractivity contribution in [3.05, 3.63) is 96.3 Å². The molecule has 0 saturated carbocycles. The first-order chi connectivity index (χ1) is 16.2. The zero-order valence-electron chi connectivity index (χ0n) is 20.3.